The van der Waals surface area contributed by atoms with Gasteiger partial charge in [0.1, 0.15) is 4.88 Å². The van der Waals surface area contributed by atoms with Crippen molar-refractivity contribution in [1.82, 2.24) is 25.8 Å². The SMILES string of the molecule is CC(=O)Nc1nc(CCc2ccc(NC(NC(=O)O)NC(=O)O)cc2)c(C(=O)NCC(=O)N(C)C)s1. The van der Waals surface area contributed by atoms with Gasteiger partial charge in [0, 0.05) is 26.7 Å². The second-order valence-electron chi connectivity index (χ2n) is 7.62. The standard InChI is InChI=1S/C21H27N7O7S/c1-11(29)23-19-25-14(16(36-19)17(31)22-10-15(30)28(2)3)9-6-12-4-7-13(8-5-12)24-18(26-20(32)33)27-21(34)35/h4-5,7-8,18,24,26-27H,6,9-10H2,1-3H3,(H,22,31)(H,32,33)(H,34,35)(H,23,25,29). The van der Waals surface area contributed by atoms with E-state index in [4.69, 9.17) is 10.2 Å². The highest BCUT2D eigenvalue weighted by molar-refractivity contribution is 7.17. The van der Waals surface area contributed by atoms with E-state index in [0.29, 0.717) is 24.2 Å². The molecule has 14 nitrogen and oxygen atoms in total. The molecule has 5 amide bonds. The highest BCUT2D eigenvalue weighted by Crippen LogP contribution is 2.25. The van der Waals surface area contributed by atoms with E-state index in [1.807, 2.05) is 10.6 Å². The van der Waals surface area contributed by atoms with Gasteiger partial charge in [-0.15, -0.1) is 0 Å². The Balaban J connectivity index is 2.09. The van der Waals surface area contributed by atoms with Gasteiger partial charge in [0.2, 0.25) is 11.8 Å². The summed E-state index contributed by atoms with van der Waals surface area (Å²) in [4.78, 5) is 63.6. The van der Waals surface area contributed by atoms with E-state index in [-0.39, 0.29) is 28.4 Å². The molecule has 1 heterocycles. The van der Waals surface area contributed by atoms with Crippen LogP contribution in [0.2, 0.25) is 0 Å². The molecule has 0 spiro atoms. The minimum Gasteiger partial charge on any atom is -0.465 e. The lowest BCUT2D eigenvalue weighted by Gasteiger charge is -2.19. The van der Waals surface area contributed by atoms with Gasteiger partial charge in [-0.1, -0.05) is 23.5 Å². The Morgan fingerprint density at radius 3 is 2.14 bits per heavy atom. The summed E-state index contributed by atoms with van der Waals surface area (Å²) in [6.07, 6.45) is -3.24. The van der Waals surface area contributed by atoms with E-state index >= 15 is 0 Å². The first-order valence-electron chi connectivity index (χ1n) is 10.5. The molecule has 15 heteroatoms. The van der Waals surface area contributed by atoms with Crippen LogP contribution in [-0.4, -0.2) is 76.9 Å². The van der Waals surface area contributed by atoms with E-state index in [1.165, 1.54) is 11.8 Å². The Morgan fingerprint density at radius 1 is 1.00 bits per heavy atom. The van der Waals surface area contributed by atoms with Crippen LogP contribution in [0.15, 0.2) is 24.3 Å². The Hall–Kier alpha value is -4.40. The molecule has 0 saturated heterocycles. The number of benzene rings is 1. The Kier molecular flexibility index (Phi) is 9.97. The first-order valence-corrected chi connectivity index (χ1v) is 11.4. The normalized spacial score (nSPS) is 10.3. The second kappa shape index (κ2) is 12.9. The largest absolute Gasteiger partial charge is 0.465 e. The van der Waals surface area contributed by atoms with E-state index < -0.39 is 24.4 Å². The van der Waals surface area contributed by atoms with Gasteiger partial charge in [-0.2, -0.15) is 0 Å². The average molecular weight is 522 g/mol. The number of thiazole rings is 1. The maximum absolute atomic E-state index is 12.7. The van der Waals surface area contributed by atoms with Crippen molar-refractivity contribution in [3.63, 3.8) is 0 Å². The second-order valence-corrected chi connectivity index (χ2v) is 8.62. The van der Waals surface area contributed by atoms with Gasteiger partial charge in [-0.3, -0.25) is 25.0 Å². The molecule has 0 aliphatic rings. The Labute approximate surface area is 210 Å². The summed E-state index contributed by atoms with van der Waals surface area (Å²) in [5.74, 6) is -1.08. The average Bonchev–Trinajstić information content (AvgIpc) is 3.17. The number of amides is 5. The minimum atomic E-state index is -1.41. The maximum atomic E-state index is 12.7. The first-order chi connectivity index (χ1) is 16.9. The summed E-state index contributed by atoms with van der Waals surface area (Å²) < 4.78 is 0. The Bertz CT molecular complexity index is 1100. The summed E-state index contributed by atoms with van der Waals surface area (Å²) in [5.41, 5.74) is 1.77. The van der Waals surface area contributed by atoms with Crippen LogP contribution in [0.4, 0.5) is 20.4 Å². The zero-order chi connectivity index (χ0) is 26.8. The summed E-state index contributed by atoms with van der Waals surface area (Å²) >= 11 is 1.01. The molecule has 0 saturated carbocycles. The third-order valence-corrected chi connectivity index (χ3v) is 5.55. The van der Waals surface area contributed by atoms with Crippen LogP contribution in [0.25, 0.3) is 0 Å². The molecule has 36 heavy (non-hydrogen) atoms. The summed E-state index contributed by atoms with van der Waals surface area (Å²) in [7, 11) is 3.15. The van der Waals surface area contributed by atoms with Crippen LogP contribution in [0, 0.1) is 0 Å². The zero-order valence-corrected chi connectivity index (χ0v) is 20.6. The number of hydrogen-bond acceptors (Lipinski definition) is 8. The fourth-order valence-corrected chi connectivity index (χ4v) is 3.82. The molecule has 0 aliphatic heterocycles. The fraction of sp³-hybridized carbons (Fsp3) is 0.333. The van der Waals surface area contributed by atoms with Crippen molar-refractivity contribution in [2.24, 2.45) is 0 Å². The zero-order valence-electron chi connectivity index (χ0n) is 19.7. The van der Waals surface area contributed by atoms with Crippen LogP contribution in [0.1, 0.15) is 27.9 Å². The summed E-state index contributed by atoms with van der Waals surface area (Å²) in [6, 6.07) is 6.77. The molecular formula is C21H27N7O7S. The van der Waals surface area contributed by atoms with E-state index in [2.05, 4.69) is 20.9 Å². The van der Waals surface area contributed by atoms with Gasteiger partial charge in [0.05, 0.1) is 12.2 Å². The third kappa shape index (κ3) is 9.09. The molecule has 0 aliphatic carbocycles. The topological polar surface area (TPSA) is 202 Å². The van der Waals surface area contributed by atoms with Crippen molar-refractivity contribution in [2.45, 2.75) is 26.1 Å². The molecule has 2 aromatic rings. The molecule has 0 atom stereocenters. The highest BCUT2D eigenvalue weighted by atomic mass is 32.1. The molecule has 1 aromatic heterocycles. The number of carboxylic acid groups (broad SMARTS) is 2. The highest BCUT2D eigenvalue weighted by Gasteiger charge is 2.20. The van der Waals surface area contributed by atoms with E-state index in [0.717, 1.165) is 16.9 Å². The minimum absolute atomic E-state index is 0.179. The number of carbonyl (C=O) groups excluding carboxylic acids is 3. The molecule has 0 bridgehead atoms. The van der Waals surface area contributed by atoms with Crippen molar-refractivity contribution < 1.29 is 34.2 Å². The van der Waals surface area contributed by atoms with Crippen molar-refractivity contribution in [3.05, 3.63) is 40.4 Å². The quantitative estimate of drug-likeness (QED) is 0.210. The number of carbonyl (C=O) groups is 5. The Morgan fingerprint density at radius 2 is 1.61 bits per heavy atom. The van der Waals surface area contributed by atoms with Crippen molar-refractivity contribution in [1.29, 1.82) is 0 Å². The van der Waals surface area contributed by atoms with Crippen LogP contribution >= 0.6 is 11.3 Å². The predicted octanol–water partition coefficient (Wildman–Crippen LogP) is 0.935. The van der Waals surface area contributed by atoms with Gasteiger partial charge in [-0.25, -0.2) is 14.6 Å². The number of likely N-dealkylation sites (N-methyl/N-ethyl adjacent to an activating group) is 1. The maximum Gasteiger partial charge on any atom is 0.407 e. The van der Waals surface area contributed by atoms with Gasteiger partial charge >= 0.3 is 12.2 Å². The van der Waals surface area contributed by atoms with Crippen LogP contribution in [0.5, 0.6) is 0 Å². The predicted molar refractivity (Wildman–Crippen MR) is 131 cm³/mol. The van der Waals surface area contributed by atoms with Crippen LogP contribution in [0.3, 0.4) is 0 Å². The number of hydrogen-bond donors (Lipinski definition) is 7. The van der Waals surface area contributed by atoms with E-state index in [1.54, 1.807) is 38.4 Å². The molecule has 2 rings (SSSR count). The monoisotopic (exact) mass is 521 g/mol. The summed E-state index contributed by atoms with van der Waals surface area (Å²) in [5, 5.41) is 29.7. The number of rotatable bonds is 11. The smallest absolute Gasteiger partial charge is 0.407 e. The number of anilines is 2. The van der Waals surface area contributed by atoms with Crippen LogP contribution in [-0.2, 0) is 22.4 Å². The molecule has 1 aromatic carbocycles. The lowest BCUT2D eigenvalue weighted by molar-refractivity contribution is -0.127. The van der Waals surface area contributed by atoms with Gasteiger partial charge in [0.15, 0.2) is 11.4 Å². The fourth-order valence-electron chi connectivity index (χ4n) is 2.85. The third-order valence-electron chi connectivity index (χ3n) is 4.54. The number of nitrogens with zero attached hydrogens (tertiary/aromatic N) is 2. The molecule has 0 unspecified atom stereocenters. The lowest BCUT2D eigenvalue weighted by Crippen LogP contribution is -2.52. The number of aromatic nitrogens is 1. The van der Waals surface area contributed by atoms with Crippen molar-refractivity contribution >= 4 is 52.1 Å². The molecule has 0 fully saturated rings. The van der Waals surface area contributed by atoms with Gasteiger partial charge in [-0.05, 0) is 30.5 Å². The van der Waals surface area contributed by atoms with Crippen LogP contribution < -0.4 is 26.6 Å². The van der Waals surface area contributed by atoms with Crippen molar-refractivity contribution in [2.75, 3.05) is 31.3 Å². The number of aryl methyl sites for hydroxylation is 2. The molecule has 194 valence electrons. The number of nitrogens with one attached hydrogen (secondary N) is 5. The van der Waals surface area contributed by atoms with E-state index in [9.17, 15) is 24.0 Å². The van der Waals surface area contributed by atoms with Crippen molar-refractivity contribution in [3.8, 4) is 0 Å². The molecular weight excluding hydrogens is 494 g/mol. The van der Waals surface area contributed by atoms with Gasteiger partial charge < -0.3 is 31.1 Å². The van der Waals surface area contributed by atoms with Gasteiger partial charge in [0.25, 0.3) is 5.91 Å². The molecule has 7 N–H and O–H groups in total. The molecule has 0 radical (unpaired) electrons. The lowest BCUT2D eigenvalue weighted by atomic mass is 10.1. The first kappa shape index (κ1) is 27.8. The summed E-state index contributed by atoms with van der Waals surface area (Å²) in [6.45, 7) is 1.15.